The Kier molecular flexibility index (Phi) is 4.47. The number of aromatic nitrogens is 1. The number of hydrogen-bond acceptors (Lipinski definition) is 3. The maximum absolute atomic E-state index is 10.8. The summed E-state index contributed by atoms with van der Waals surface area (Å²) in [7, 11) is 0. The van der Waals surface area contributed by atoms with Crippen LogP contribution in [-0.4, -0.2) is 22.6 Å². The Bertz CT molecular complexity index is 455. The van der Waals surface area contributed by atoms with Crippen molar-refractivity contribution in [2.24, 2.45) is 0 Å². The van der Waals surface area contributed by atoms with Crippen LogP contribution in [0.15, 0.2) is 29.8 Å². The Labute approximate surface area is 107 Å². The van der Waals surface area contributed by atoms with E-state index in [4.69, 9.17) is 5.11 Å². The predicted octanol–water partition coefficient (Wildman–Crippen LogP) is 2.37. The fourth-order valence-electron chi connectivity index (χ4n) is 2.13. The van der Waals surface area contributed by atoms with E-state index in [0.29, 0.717) is 6.54 Å². The lowest BCUT2D eigenvalue weighted by Gasteiger charge is -2.05. The standard InChI is InChI=1S/C14H18N2O2/c17-14(18)13-7-3-6-12(16-13)10-15-9-8-11-4-1-2-5-11/h3-4,6-7,15H,1-2,5,8-10H2,(H,17,18). The van der Waals surface area contributed by atoms with Crippen molar-refractivity contribution in [3.63, 3.8) is 0 Å². The third-order valence-corrected chi connectivity index (χ3v) is 3.09. The first-order chi connectivity index (χ1) is 8.75. The van der Waals surface area contributed by atoms with Crippen LogP contribution >= 0.6 is 0 Å². The molecule has 2 N–H and O–H groups in total. The van der Waals surface area contributed by atoms with Crippen molar-refractivity contribution in [2.45, 2.75) is 32.2 Å². The summed E-state index contributed by atoms with van der Waals surface area (Å²) >= 11 is 0. The van der Waals surface area contributed by atoms with Crippen molar-refractivity contribution >= 4 is 5.97 Å². The third kappa shape index (κ3) is 3.67. The molecule has 0 saturated carbocycles. The molecule has 0 radical (unpaired) electrons. The van der Waals surface area contributed by atoms with Crippen LogP contribution in [0.4, 0.5) is 0 Å². The second-order valence-electron chi connectivity index (χ2n) is 4.50. The highest BCUT2D eigenvalue weighted by Crippen LogP contribution is 2.19. The van der Waals surface area contributed by atoms with Gasteiger partial charge in [-0.15, -0.1) is 0 Å². The Morgan fingerprint density at radius 1 is 1.44 bits per heavy atom. The van der Waals surface area contributed by atoms with E-state index in [1.807, 2.05) is 6.07 Å². The Hall–Kier alpha value is -1.68. The summed E-state index contributed by atoms with van der Waals surface area (Å²) in [4.78, 5) is 14.8. The van der Waals surface area contributed by atoms with E-state index in [-0.39, 0.29) is 5.69 Å². The van der Waals surface area contributed by atoms with E-state index < -0.39 is 5.97 Å². The summed E-state index contributed by atoms with van der Waals surface area (Å²) < 4.78 is 0. The molecule has 1 aromatic rings. The summed E-state index contributed by atoms with van der Waals surface area (Å²) in [6.07, 6.45) is 7.15. The number of nitrogens with zero attached hydrogens (tertiary/aromatic N) is 1. The van der Waals surface area contributed by atoms with Crippen LogP contribution in [-0.2, 0) is 6.54 Å². The molecule has 1 aromatic heterocycles. The monoisotopic (exact) mass is 246 g/mol. The molecule has 0 amide bonds. The molecule has 0 unspecified atom stereocenters. The van der Waals surface area contributed by atoms with Gasteiger partial charge >= 0.3 is 5.97 Å². The van der Waals surface area contributed by atoms with Gasteiger partial charge in [0, 0.05) is 6.54 Å². The Morgan fingerprint density at radius 2 is 2.33 bits per heavy atom. The number of carbonyl (C=O) groups is 1. The van der Waals surface area contributed by atoms with E-state index in [1.54, 1.807) is 6.07 Å². The number of hydrogen-bond donors (Lipinski definition) is 2. The van der Waals surface area contributed by atoms with Gasteiger partial charge in [0.05, 0.1) is 5.69 Å². The summed E-state index contributed by atoms with van der Waals surface area (Å²) in [6, 6.07) is 5.08. The van der Waals surface area contributed by atoms with Crippen molar-refractivity contribution in [2.75, 3.05) is 6.54 Å². The number of nitrogens with one attached hydrogen (secondary N) is 1. The molecule has 4 heteroatoms. The molecule has 18 heavy (non-hydrogen) atoms. The first kappa shape index (κ1) is 12.8. The minimum Gasteiger partial charge on any atom is -0.477 e. The topological polar surface area (TPSA) is 62.2 Å². The van der Waals surface area contributed by atoms with Gasteiger partial charge in [0.25, 0.3) is 0 Å². The van der Waals surface area contributed by atoms with Gasteiger partial charge in [-0.25, -0.2) is 9.78 Å². The minimum atomic E-state index is -0.979. The highest BCUT2D eigenvalue weighted by molar-refractivity contribution is 5.85. The molecule has 0 atom stereocenters. The zero-order valence-electron chi connectivity index (χ0n) is 10.4. The predicted molar refractivity (Wildman–Crippen MR) is 69.5 cm³/mol. The van der Waals surface area contributed by atoms with Crippen LogP contribution in [0, 0.1) is 0 Å². The quantitative estimate of drug-likeness (QED) is 0.597. The number of allylic oxidation sites excluding steroid dienone is 1. The van der Waals surface area contributed by atoms with Crippen molar-refractivity contribution in [1.82, 2.24) is 10.3 Å². The molecule has 0 saturated heterocycles. The highest BCUT2D eigenvalue weighted by atomic mass is 16.4. The molecule has 1 aliphatic carbocycles. The summed E-state index contributed by atoms with van der Waals surface area (Å²) in [6.45, 7) is 1.54. The van der Waals surface area contributed by atoms with Crippen molar-refractivity contribution in [1.29, 1.82) is 0 Å². The maximum atomic E-state index is 10.8. The lowest BCUT2D eigenvalue weighted by Crippen LogP contribution is -2.16. The number of aromatic carboxylic acids is 1. The normalized spacial score (nSPS) is 14.6. The maximum Gasteiger partial charge on any atom is 0.354 e. The van der Waals surface area contributed by atoms with Crippen LogP contribution < -0.4 is 5.32 Å². The Morgan fingerprint density at radius 3 is 3.06 bits per heavy atom. The first-order valence-electron chi connectivity index (χ1n) is 6.33. The molecule has 96 valence electrons. The van der Waals surface area contributed by atoms with Crippen molar-refractivity contribution in [3.05, 3.63) is 41.2 Å². The highest BCUT2D eigenvalue weighted by Gasteiger charge is 2.06. The van der Waals surface area contributed by atoms with Crippen LogP contribution in [0.25, 0.3) is 0 Å². The van der Waals surface area contributed by atoms with Crippen molar-refractivity contribution in [3.8, 4) is 0 Å². The Balaban J connectivity index is 1.75. The summed E-state index contributed by atoms with van der Waals surface area (Å²) in [5, 5.41) is 12.1. The van der Waals surface area contributed by atoms with E-state index in [2.05, 4.69) is 16.4 Å². The molecule has 0 bridgehead atoms. The van der Waals surface area contributed by atoms with Gasteiger partial charge in [0.15, 0.2) is 0 Å². The second-order valence-corrected chi connectivity index (χ2v) is 4.50. The number of rotatable bonds is 6. The smallest absolute Gasteiger partial charge is 0.354 e. The molecular formula is C14H18N2O2. The molecule has 2 rings (SSSR count). The van der Waals surface area contributed by atoms with Gasteiger partial charge in [0.2, 0.25) is 0 Å². The average molecular weight is 246 g/mol. The fourth-order valence-corrected chi connectivity index (χ4v) is 2.13. The zero-order valence-corrected chi connectivity index (χ0v) is 10.4. The summed E-state index contributed by atoms with van der Waals surface area (Å²) in [5.74, 6) is -0.979. The molecule has 4 nitrogen and oxygen atoms in total. The molecular weight excluding hydrogens is 228 g/mol. The van der Waals surface area contributed by atoms with Crippen LogP contribution in [0.1, 0.15) is 41.9 Å². The number of pyridine rings is 1. The summed E-state index contributed by atoms with van der Waals surface area (Å²) in [5.41, 5.74) is 2.41. The van der Waals surface area contributed by atoms with Crippen LogP contribution in [0.3, 0.4) is 0 Å². The van der Waals surface area contributed by atoms with Crippen molar-refractivity contribution < 1.29 is 9.90 Å². The molecule has 0 aromatic carbocycles. The van der Waals surface area contributed by atoms with Crippen LogP contribution in [0.2, 0.25) is 0 Å². The molecule has 1 aliphatic rings. The molecule has 0 fully saturated rings. The van der Waals surface area contributed by atoms with Crippen LogP contribution in [0.5, 0.6) is 0 Å². The SMILES string of the molecule is O=C(O)c1cccc(CNCCC2=CCCC2)n1. The van der Waals surface area contributed by atoms with Gasteiger partial charge in [-0.3, -0.25) is 0 Å². The lowest BCUT2D eigenvalue weighted by molar-refractivity contribution is 0.0690. The largest absolute Gasteiger partial charge is 0.477 e. The van der Waals surface area contributed by atoms with E-state index >= 15 is 0 Å². The van der Waals surface area contributed by atoms with Gasteiger partial charge in [-0.05, 0) is 44.4 Å². The fraction of sp³-hybridized carbons (Fsp3) is 0.429. The molecule has 0 aliphatic heterocycles. The van der Waals surface area contributed by atoms with E-state index in [0.717, 1.165) is 18.7 Å². The van der Waals surface area contributed by atoms with Gasteiger partial charge in [-0.2, -0.15) is 0 Å². The van der Waals surface area contributed by atoms with Gasteiger partial charge in [-0.1, -0.05) is 17.7 Å². The lowest BCUT2D eigenvalue weighted by atomic mass is 10.2. The van der Waals surface area contributed by atoms with E-state index in [1.165, 1.54) is 30.9 Å². The second kappa shape index (κ2) is 6.31. The number of carboxylic acid groups (broad SMARTS) is 1. The van der Waals surface area contributed by atoms with E-state index in [9.17, 15) is 4.79 Å². The molecule has 0 spiro atoms. The molecule has 1 heterocycles. The van der Waals surface area contributed by atoms with Gasteiger partial charge in [0.1, 0.15) is 5.69 Å². The minimum absolute atomic E-state index is 0.104. The first-order valence-corrected chi connectivity index (χ1v) is 6.33. The van der Waals surface area contributed by atoms with Gasteiger partial charge < -0.3 is 10.4 Å². The average Bonchev–Trinajstić information content (AvgIpc) is 2.88. The third-order valence-electron chi connectivity index (χ3n) is 3.09. The zero-order chi connectivity index (χ0) is 12.8. The number of carboxylic acids is 1.